The zero-order valence-electron chi connectivity index (χ0n) is 26.3. The lowest BCUT2D eigenvalue weighted by molar-refractivity contribution is 1.11. The van der Waals surface area contributed by atoms with Crippen molar-refractivity contribution in [3.8, 4) is 17.1 Å². The first-order valence-corrected chi connectivity index (χ1v) is 16.3. The second-order valence-corrected chi connectivity index (χ2v) is 12.7. The van der Waals surface area contributed by atoms with Crippen LogP contribution in [0.1, 0.15) is 11.1 Å². The topological polar surface area (TPSA) is 14.8 Å². The van der Waals surface area contributed by atoms with Gasteiger partial charge in [-0.25, -0.2) is 0 Å². The molecule has 3 heteroatoms. The van der Waals surface area contributed by atoms with E-state index in [4.69, 9.17) is 0 Å². The summed E-state index contributed by atoms with van der Waals surface area (Å²) in [7, 11) is 0. The fraction of sp³-hybridized carbons (Fsp3) is 0.0455. The molecule has 10 rings (SSSR count). The number of hydrogen-bond acceptors (Lipinski definition) is 0. The van der Waals surface area contributed by atoms with E-state index in [0.717, 1.165) is 11.4 Å². The van der Waals surface area contributed by atoms with Gasteiger partial charge in [-0.15, -0.1) is 0 Å². The highest BCUT2D eigenvalue weighted by Gasteiger charge is 2.20. The highest BCUT2D eigenvalue weighted by Crippen LogP contribution is 2.40. The van der Waals surface area contributed by atoms with E-state index in [1.807, 2.05) is 0 Å². The quantitative estimate of drug-likeness (QED) is 0.191. The average Bonchev–Trinajstić information content (AvgIpc) is 3.74. The summed E-state index contributed by atoms with van der Waals surface area (Å²) < 4.78 is 7.31. The summed E-state index contributed by atoms with van der Waals surface area (Å²) in [4.78, 5) is 0. The van der Waals surface area contributed by atoms with E-state index in [1.165, 1.54) is 82.2 Å². The van der Waals surface area contributed by atoms with Gasteiger partial charge >= 0.3 is 0 Å². The molecule has 0 unspecified atom stereocenters. The van der Waals surface area contributed by atoms with Crippen molar-refractivity contribution < 1.29 is 0 Å². The van der Waals surface area contributed by atoms with Crippen molar-refractivity contribution in [3.63, 3.8) is 0 Å². The van der Waals surface area contributed by atoms with Crippen LogP contribution >= 0.6 is 0 Å². The van der Waals surface area contributed by atoms with Gasteiger partial charge in [0.25, 0.3) is 0 Å². The van der Waals surface area contributed by atoms with Crippen LogP contribution < -0.4 is 0 Å². The van der Waals surface area contributed by atoms with Crippen molar-refractivity contribution in [1.82, 2.24) is 13.7 Å². The Morgan fingerprint density at radius 2 is 0.638 bits per heavy atom. The Bertz CT molecular complexity index is 2580. The van der Waals surface area contributed by atoms with Crippen molar-refractivity contribution in [1.29, 1.82) is 0 Å². The molecule has 0 fully saturated rings. The lowest BCUT2D eigenvalue weighted by Gasteiger charge is -2.15. The third-order valence-corrected chi connectivity index (χ3v) is 10.1. The van der Waals surface area contributed by atoms with Gasteiger partial charge in [-0.3, -0.25) is 0 Å². The second kappa shape index (κ2) is 9.72. The molecule has 10 aromatic rings. The van der Waals surface area contributed by atoms with E-state index >= 15 is 0 Å². The van der Waals surface area contributed by atoms with Crippen LogP contribution in [0.3, 0.4) is 0 Å². The summed E-state index contributed by atoms with van der Waals surface area (Å²) in [6, 6.07) is 55.6. The second-order valence-electron chi connectivity index (χ2n) is 12.7. The third-order valence-electron chi connectivity index (χ3n) is 10.1. The molecule has 0 atom stereocenters. The molecule has 0 spiro atoms. The molecule has 0 saturated heterocycles. The Morgan fingerprint density at radius 1 is 0.298 bits per heavy atom. The van der Waals surface area contributed by atoms with Gasteiger partial charge in [-0.1, -0.05) is 91.0 Å². The van der Waals surface area contributed by atoms with Crippen LogP contribution in [0.15, 0.2) is 152 Å². The largest absolute Gasteiger partial charge is 0.309 e. The summed E-state index contributed by atoms with van der Waals surface area (Å²) in [6.07, 6.45) is 0. The zero-order chi connectivity index (χ0) is 31.2. The van der Waals surface area contributed by atoms with Crippen molar-refractivity contribution >= 4 is 65.4 Å². The van der Waals surface area contributed by atoms with Gasteiger partial charge in [-0.05, 0) is 85.6 Å². The molecular formula is C44H31N3. The molecule has 47 heavy (non-hydrogen) atoms. The number of hydrogen-bond donors (Lipinski definition) is 0. The van der Waals surface area contributed by atoms with Crippen LogP contribution in [0.4, 0.5) is 0 Å². The van der Waals surface area contributed by atoms with Gasteiger partial charge in [0.1, 0.15) is 0 Å². The molecule has 0 amide bonds. The van der Waals surface area contributed by atoms with Crippen molar-refractivity contribution in [2.24, 2.45) is 0 Å². The van der Waals surface area contributed by atoms with Crippen LogP contribution in [0, 0.1) is 13.8 Å². The van der Waals surface area contributed by atoms with Gasteiger partial charge in [0, 0.05) is 43.7 Å². The van der Waals surface area contributed by atoms with Crippen molar-refractivity contribution in [2.75, 3.05) is 0 Å². The molecule has 3 heterocycles. The fourth-order valence-corrected chi connectivity index (χ4v) is 8.08. The van der Waals surface area contributed by atoms with Crippen molar-refractivity contribution in [3.05, 3.63) is 163 Å². The zero-order valence-corrected chi connectivity index (χ0v) is 26.3. The summed E-state index contributed by atoms with van der Waals surface area (Å²) in [5, 5.41) is 7.57. The maximum Gasteiger partial charge on any atom is 0.0542 e. The summed E-state index contributed by atoms with van der Waals surface area (Å²) >= 11 is 0. The van der Waals surface area contributed by atoms with Crippen LogP contribution in [0.5, 0.6) is 0 Å². The summed E-state index contributed by atoms with van der Waals surface area (Å²) in [5.41, 5.74) is 13.4. The minimum atomic E-state index is 1.16. The minimum absolute atomic E-state index is 1.16. The number of fused-ring (bicyclic) bond motifs is 9. The average molecular weight is 602 g/mol. The molecule has 3 aromatic heterocycles. The van der Waals surface area contributed by atoms with Gasteiger partial charge in [-0.2, -0.15) is 0 Å². The van der Waals surface area contributed by atoms with Crippen LogP contribution in [0.25, 0.3) is 82.5 Å². The summed E-state index contributed by atoms with van der Waals surface area (Å²) in [5.74, 6) is 0. The number of nitrogens with zero attached hydrogens (tertiary/aromatic N) is 3. The Morgan fingerprint density at radius 3 is 1.02 bits per heavy atom. The minimum Gasteiger partial charge on any atom is -0.309 e. The predicted molar refractivity (Wildman–Crippen MR) is 199 cm³/mol. The predicted octanol–water partition coefficient (Wildman–Crippen LogP) is 11.6. The first-order valence-electron chi connectivity index (χ1n) is 16.3. The Labute approximate surface area is 272 Å². The smallest absolute Gasteiger partial charge is 0.0542 e. The maximum absolute atomic E-state index is 2.47. The Hall–Kier alpha value is -6.06. The van der Waals surface area contributed by atoms with Gasteiger partial charge in [0.2, 0.25) is 0 Å². The highest BCUT2D eigenvalue weighted by molar-refractivity contribution is 6.14. The fourth-order valence-electron chi connectivity index (χ4n) is 8.08. The van der Waals surface area contributed by atoms with E-state index < -0.39 is 0 Å². The number of rotatable bonds is 3. The Balaban J connectivity index is 1.32. The Kier molecular flexibility index (Phi) is 5.41. The lowest BCUT2D eigenvalue weighted by Crippen LogP contribution is -2.00. The molecule has 0 aliphatic rings. The SMILES string of the molecule is Cc1cccc(C)c1-n1c2ccc(-n3c4ccccc4c4ccccc43)cc2c2cc(-n3c4ccccc4c4ccccc43)ccc21. The monoisotopic (exact) mass is 601 g/mol. The van der Waals surface area contributed by atoms with E-state index in [-0.39, 0.29) is 0 Å². The molecule has 0 aliphatic carbocycles. The molecular weight excluding hydrogens is 571 g/mol. The van der Waals surface area contributed by atoms with Gasteiger partial charge < -0.3 is 13.7 Å². The molecule has 0 aliphatic heterocycles. The molecule has 222 valence electrons. The molecule has 0 N–H and O–H groups in total. The van der Waals surface area contributed by atoms with Crippen LogP contribution in [0.2, 0.25) is 0 Å². The molecule has 0 bridgehead atoms. The lowest BCUT2D eigenvalue weighted by atomic mass is 10.1. The van der Waals surface area contributed by atoms with E-state index in [9.17, 15) is 0 Å². The number of benzene rings is 7. The highest BCUT2D eigenvalue weighted by atomic mass is 15.0. The van der Waals surface area contributed by atoms with Gasteiger partial charge in [0.15, 0.2) is 0 Å². The molecule has 0 radical (unpaired) electrons. The van der Waals surface area contributed by atoms with Crippen LogP contribution in [-0.4, -0.2) is 13.7 Å². The van der Waals surface area contributed by atoms with E-state index in [2.05, 4.69) is 179 Å². The normalized spacial score (nSPS) is 12.0. The first-order chi connectivity index (χ1) is 23.2. The number of para-hydroxylation sites is 5. The molecule has 0 saturated carbocycles. The first kappa shape index (κ1) is 26.2. The maximum atomic E-state index is 2.47. The molecule has 7 aromatic carbocycles. The number of aromatic nitrogens is 3. The molecule has 3 nitrogen and oxygen atoms in total. The van der Waals surface area contributed by atoms with Crippen LogP contribution in [-0.2, 0) is 0 Å². The van der Waals surface area contributed by atoms with Gasteiger partial charge in [0.05, 0.1) is 38.8 Å². The van der Waals surface area contributed by atoms with Crippen molar-refractivity contribution in [2.45, 2.75) is 13.8 Å². The van der Waals surface area contributed by atoms with E-state index in [0.29, 0.717) is 0 Å². The van der Waals surface area contributed by atoms with E-state index in [1.54, 1.807) is 0 Å². The summed E-state index contributed by atoms with van der Waals surface area (Å²) in [6.45, 7) is 4.44. The standard InChI is InChI=1S/C44H31N3/c1-28-12-11-13-29(2)44(28)47-42-24-22-30(45-38-18-7-3-14-32(38)33-15-4-8-19-39(33)45)26-36(42)37-27-31(23-25-43(37)47)46-40-20-9-5-16-34(40)35-17-6-10-21-41(35)46/h3-27H,1-2H3. The third kappa shape index (κ3) is 3.62. The number of aryl methyl sites for hydroxylation is 2.